The Hall–Kier alpha value is -1.43. The first-order valence-electron chi connectivity index (χ1n) is 6.21. The summed E-state index contributed by atoms with van der Waals surface area (Å²) in [6.45, 7) is 5.31. The number of carboxylic acid groups (broad SMARTS) is 1. The van der Waals surface area contributed by atoms with Gasteiger partial charge in [-0.25, -0.2) is 4.98 Å². The third-order valence-electron chi connectivity index (χ3n) is 4.66. The van der Waals surface area contributed by atoms with E-state index in [0.717, 1.165) is 0 Å². The van der Waals surface area contributed by atoms with E-state index in [1.807, 2.05) is 13.8 Å². The number of thiazole rings is 1. The molecule has 0 saturated heterocycles. The number of nitrogens with one attached hydrogen (secondary N) is 1. The molecule has 1 heterocycles. The standard InChI is InChI=1S/C13H18N2O3S/c1-12(2)8(4-5-13(12,3)10(17)18)9(16)15-11-14-6-7-19-11/h6-8H,4-5H2,1-3H3,(H,17,18)(H,14,15,16)/p-1/t8-,13+/m0/s1. The second-order valence-electron chi connectivity index (χ2n) is 5.76. The molecule has 1 aliphatic rings. The number of carbonyl (C=O) groups excluding carboxylic acids is 2. The molecule has 19 heavy (non-hydrogen) atoms. The zero-order chi connectivity index (χ0) is 14.3. The number of amides is 1. The fraction of sp³-hybridized carbons (Fsp3) is 0.615. The largest absolute Gasteiger partial charge is 0.550 e. The second-order valence-corrected chi connectivity index (χ2v) is 6.65. The van der Waals surface area contributed by atoms with E-state index >= 15 is 0 Å². The van der Waals surface area contributed by atoms with Crippen molar-refractivity contribution >= 4 is 28.3 Å². The molecule has 1 N–H and O–H groups in total. The summed E-state index contributed by atoms with van der Waals surface area (Å²) in [5, 5.41) is 16.4. The maximum Gasteiger partial charge on any atom is 0.229 e. The van der Waals surface area contributed by atoms with Crippen LogP contribution in [0.2, 0.25) is 0 Å². The van der Waals surface area contributed by atoms with Crippen LogP contribution >= 0.6 is 11.3 Å². The number of aliphatic carboxylic acids is 1. The lowest BCUT2D eigenvalue weighted by atomic mass is 9.65. The molecule has 0 aliphatic heterocycles. The smallest absolute Gasteiger partial charge is 0.229 e. The molecule has 1 saturated carbocycles. The van der Waals surface area contributed by atoms with Gasteiger partial charge in [-0.05, 0) is 18.3 Å². The lowest BCUT2D eigenvalue weighted by Crippen LogP contribution is -2.49. The summed E-state index contributed by atoms with van der Waals surface area (Å²) < 4.78 is 0. The molecule has 104 valence electrons. The van der Waals surface area contributed by atoms with Crippen LogP contribution in [-0.4, -0.2) is 16.9 Å². The van der Waals surface area contributed by atoms with Gasteiger partial charge < -0.3 is 15.2 Å². The zero-order valence-electron chi connectivity index (χ0n) is 11.2. The Morgan fingerprint density at radius 2 is 2.16 bits per heavy atom. The van der Waals surface area contributed by atoms with Gasteiger partial charge in [0.1, 0.15) is 0 Å². The molecular weight excluding hydrogens is 264 g/mol. The molecule has 0 radical (unpaired) electrons. The van der Waals surface area contributed by atoms with E-state index in [1.54, 1.807) is 18.5 Å². The van der Waals surface area contributed by atoms with Gasteiger partial charge in [0.25, 0.3) is 0 Å². The molecule has 2 rings (SSSR count). The lowest BCUT2D eigenvalue weighted by molar-refractivity contribution is -0.323. The quantitative estimate of drug-likeness (QED) is 0.904. The number of hydrogen-bond acceptors (Lipinski definition) is 5. The highest BCUT2D eigenvalue weighted by Crippen LogP contribution is 2.55. The predicted molar refractivity (Wildman–Crippen MR) is 70.4 cm³/mol. The predicted octanol–water partition coefficient (Wildman–Crippen LogP) is 1.27. The highest BCUT2D eigenvalue weighted by atomic mass is 32.1. The molecule has 0 aromatic carbocycles. The Bertz CT molecular complexity index is 498. The second kappa shape index (κ2) is 4.59. The minimum absolute atomic E-state index is 0.162. The van der Waals surface area contributed by atoms with Gasteiger partial charge >= 0.3 is 0 Å². The van der Waals surface area contributed by atoms with Gasteiger partial charge in [-0.2, -0.15) is 0 Å². The first-order valence-corrected chi connectivity index (χ1v) is 7.09. The Labute approximate surface area is 116 Å². The number of carboxylic acids is 1. The van der Waals surface area contributed by atoms with Gasteiger partial charge in [0.2, 0.25) is 5.91 Å². The SMILES string of the molecule is CC1(C)[C@H](C(=O)Nc2nccs2)CC[C@]1(C)C(=O)[O-]. The highest BCUT2D eigenvalue weighted by Gasteiger charge is 2.54. The molecule has 1 fully saturated rings. The van der Waals surface area contributed by atoms with Gasteiger partial charge in [-0.3, -0.25) is 4.79 Å². The van der Waals surface area contributed by atoms with Crippen LogP contribution in [0.4, 0.5) is 5.13 Å². The van der Waals surface area contributed by atoms with Crippen molar-refractivity contribution < 1.29 is 14.7 Å². The van der Waals surface area contributed by atoms with Gasteiger partial charge in [0, 0.05) is 28.9 Å². The van der Waals surface area contributed by atoms with E-state index < -0.39 is 16.8 Å². The summed E-state index contributed by atoms with van der Waals surface area (Å²) in [6, 6.07) is 0. The van der Waals surface area contributed by atoms with Gasteiger partial charge in [0.15, 0.2) is 5.13 Å². The van der Waals surface area contributed by atoms with Crippen molar-refractivity contribution in [3.05, 3.63) is 11.6 Å². The summed E-state index contributed by atoms with van der Waals surface area (Å²) in [6.07, 6.45) is 2.62. The van der Waals surface area contributed by atoms with Crippen LogP contribution in [0.5, 0.6) is 0 Å². The molecule has 2 atom stereocenters. The van der Waals surface area contributed by atoms with Crippen LogP contribution in [-0.2, 0) is 9.59 Å². The van der Waals surface area contributed by atoms with Crippen LogP contribution < -0.4 is 10.4 Å². The van der Waals surface area contributed by atoms with E-state index in [9.17, 15) is 14.7 Å². The van der Waals surface area contributed by atoms with Gasteiger partial charge in [-0.1, -0.05) is 20.8 Å². The van der Waals surface area contributed by atoms with Crippen molar-refractivity contribution in [2.45, 2.75) is 33.6 Å². The molecule has 1 aromatic heterocycles. The Balaban J connectivity index is 2.18. The minimum atomic E-state index is -1.08. The molecule has 1 aliphatic carbocycles. The van der Waals surface area contributed by atoms with Crippen LogP contribution in [0.15, 0.2) is 11.6 Å². The number of aromatic nitrogens is 1. The summed E-state index contributed by atoms with van der Waals surface area (Å²) in [7, 11) is 0. The maximum atomic E-state index is 12.3. The molecule has 1 aromatic rings. The Morgan fingerprint density at radius 1 is 1.47 bits per heavy atom. The van der Waals surface area contributed by atoms with Crippen LogP contribution in [0.25, 0.3) is 0 Å². The van der Waals surface area contributed by atoms with Crippen LogP contribution in [0.3, 0.4) is 0 Å². The van der Waals surface area contributed by atoms with E-state index in [2.05, 4.69) is 10.3 Å². The van der Waals surface area contributed by atoms with Crippen molar-refractivity contribution in [3.63, 3.8) is 0 Å². The summed E-state index contributed by atoms with van der Waals surface area (Å²) in [5.74, 6) is -1.59. The number of carbonyl (C=O) groups is 2. The summed E-state index contributed by atoms with van der Waals surface area (Å²) in [5.41, 5.74) is -1.62. The molecule has 0 bridgehead atoms. The first-order chi connectivity index (χ1) is 8.79. The Kier molecular flexibility index (Phi) is 3.38. The number of nitrogens with zero attached hydrogens (tertiary/aromatic N) is 1. The van der Waals surface area contributed by atoms with Gasteiger partial charge in [-0.15, -0.1) is 11.3 Å². The van der Waals surface area contributed by atoms with Crippen molar-refractivity contribution in [1.82, 2.24) is 4.98 Å². The molecule has 5 nitrogen and oxygen atoms in total. The fourth-order valence-corrected chi connectivity index (χ4v) is 3.33. The fourth-order valence-electron chi connectivity index (χ4n) is 2.80. The van der Waals surface area contributed by atoms with E-state index in [0.29, 0.717) is 18.0 Å². The average Bonchev–Trinajstić information content (AvgIpc) is 2.87. The topological polar surface area (TPSA) is 82.1 Å². The normalized spacial score (nSPS) is 29.1. The number of hydrogen-bond donors (Lipinski definition) is 1. The molecule has 0 unspecified atom stereocenters. The monoisotopic (exact) mass is 281 g/mol. The molecule has 6 heteroatoms. The average molecular weight is 281 g/mol. The first kappa shape index (κ1) is 14.0. The van der Waals surface area contributed by atoms with Crippen LogP contribution in [0, 0.1) is 16.7 Å². The number of anilines is 1. The van der Waals surface area contributed by atoms with E-state index in [1.165, 1.54) is 11.3 Å². The maximum absolute atomic E-state index is 12.3. The Morgan fingerprint density at radius 3 is 2.63 bits per heavy atom. The molecular formula is C13H17N2O3S-. The van der Waals surface area contributed by atoms with Crippen molar-refractivity contribution in [2.24, 2.45) is 16.7 Å². The zero-order valence-corrected chi connectivity index (χ0v) is 12.0. The highest BCUT2D eigenvalue weighted by molar-refractivity contribution is 7.13. The summed E-state index contributed by atoms with van der Waals surface area (Å²) >= 11 is 1.34. The minimum Gasteiger partial charge on any atom is -0.550 e. The van der Waals surface area contributed by atoms with E-state index in [4.69, 9.17) is 0 Å². The van der Waals surface area contributed by atoms with Crippen LogP contribution in [0.1, 0.15) is 33.6 Å². The van der Waals surface area contributed by atoms with Crippen molar-refractivity contribution in [1.29, 1.82) is 0 Å². The number of rotatable bonds is 3. The molecule has 1 amide bonds. The van der Waals surface area contributed by atoms with Gasteiger partial charge in [0.05, 0.1) is 0 Å². The van der Waals surface area contributed by atoms with E-state index in [-0.39, 0.29) is 11.8 Å². The molecule has 0 spiro atoms. The third-order valence-corrected chi connectivity index (χ3v) is 5.34. The third kappa shape index (κ3) is 2.14. The van der Waals surface area contributed by atoms with Crippen molar-refractivity contribution in [3.8, 4) is 0 Å². The lowest BCUT2D eigenvalue weighted by Gasteiger charge is -2.41. The van der Waals surface area contributed by atoms with Crippen molar-refractivity contribution in [2.75, 3.05) is 5.32 Å². The summed E-state index contributed by atoms with van der Waals surface area (Å²) in [4.78, 5) is 27.7.